The summed E-state index contributed by atoms with van der Waals surface area (Å²) >= 11 is 0. The van der Waals surface area contributed by atoms with Crippen molar-refractivity contribution in [1.29, 1.82) is 0 Å². The van der Waals surface area contributed by atoms with Crippen LogP contribution >= 0.6 is 0 Å². The standard InChI is InChI=1S/C25H22O3/c1-2-25(27)28-16-20(26)14-17-10-12-18(13-11-17)21-8-5-9-23-22-7-4-3-6-19(22)15-24(21)23/h2-13,20,26H,1,14-16H2. The van der Waals surface area contributed by atoms with Crippen molar-refractivity contribution >= 4 is 5.97 Å². The van der Waals surface area contributed by atoms with E-state index in [1.165, 1.54) is 33.4 Å². The molecule has 1 aliphatic rings. The summed E-state index contributed by atoms with van der Waals surface area (Å²) in [5.41, 5.74) is 8.81. The van der Waals surface area contributed by atoms with E-state index >= 15 is 0 Å². The van der Waals surface area contributed by atoms with Gasteiger partial charge in [0.05, 0.1) is 6.10 Å². The van der Waals surface area contributed by atoms with Crippen LogP contribution in [0.1, 0.15) is 16.7 Å². The van der Waals surface area contributed by atoms with Gasteiger partial charge in [-0.2, -0.15) is 0 Å². The SMILES string of the molecule is C=CC(=O)OCC(O)Cc1ccc(-c2cccc3c2Cc2ccccc2-3)cc1. The van der Waals surface area contributed by atoms with E-state index in [0.29, 0.717) is 6.42 Å². The molecule has 140 valence electrons. The highest BCUT2D eigenvalue weighted by molar-refractivity contribution is 5.84. The van der Waals surface area contributed by atoms with Crippen molar-refractivity contribution in [2.45, 2.75) is 18.9 Å². The number of hydrogen-bond acceptors (Lipinski definition) is 3. The monoisotopic (exact) mass is 370 g/mol. The molecule has 0 aliphatic heterocycles. The van der Waals surface area contributed by atoms with Crippen LogP contribution in [0.15, 0.2) is 79.4 Å². The van der Waals surface area contributed by atoms with Crippen molar-refractivity contribution < 1.29 is 14.6 Å². The summed E-state index contributed by atoms with van der Waals surface area (Å²) in [6.07, 6.45) is 1.75. The van der Waals surface area contributed by atoms with E-state index in [0.717, 1.165) is 18.1 Å². The molecule has 0 fully saturated rings. The summed E-state index contributed by atoms with van der Waals surface area (Å²) in [6.45, 7) is 3.31. The number of benzene rings is 3. The van der Waals surface area contributed by atoms with E-state index < -0.39 is 12.1 Å². The van der Waals surface area contributed by atoms with Crippen LogP contribution in [0.4, 0.5) is 0 Å². The quantitative estimate of drug-likeness (QED) is 0.400. The Hall–Kier alpha value is -3.17. The molecule has 3 heteroatoms. The third-order valence-corrected chi connectivity index (χ3v) is 5.17. The summed E-state index contributed by atoms with van der Waals surface area (Å²) in [7, 11) is 0. The highest BCUT2D eigenvalue weighted by atomic mass is 16.5. The zero-order valence-corrected chi connectivity index (χ0v) is 15.6. The van der Waals surface area contributed by atoms with Gasteiger partial charge < -0.3 is 9.84 Å². The van der Waals surface area contributed by atoms with Crippen LogP contribution in [0, 0.1) is 0 Å². The molecule has 3 aromatic rings. The summed E-state index contributed by atoms with van der Waals surface area (Å²) in [6, 6.07) is 23.3. The van der Waals surface area contributed by atoms with Crippen LogP contribution < -0.4 is 0 Å². The molecule has 3 aromatic carbocycles. The van der Waals surface area contributed by atoms with Crippen LogP contribution in [-0.2, 0) is 22.4 Å². The number of carbonyl (C=O) groups is 1. The molecule has 0 radical (unpaired) electrons. The van der Waals surface area contributed by atoms with Gasteiger partial charge >= 0.3 is 5.97 Å². The number of aliphatic hydroxyl groups excluding tert-OH is 1. The predicted molar refractivity (Wildman–Crippen MR) is 111 cm³/mol. The number of esters is 1. The molecule has 3 nitrogen and oxygen atoms in total. The largest absolute Gasteiger partial charge is 0.460 e. The van der Waals surface area contributed by atoms with E-state index in [2.05, 4.69) is 61.2 Å². The van der Waals surface area contributed by atoms with E-state index in [1.807, 2.05) is 12.1 Å². The number of carbonyl (C=O) groups excluding carboxylic acids is 1. The molecule has 0 heterocycles. The van der Waals surface area contributed by atoms with Crippen molar-refractivity contribution in [2.75, 3.05) is 6.61 Å². The highest BCUT2D eigenvalue weighted by Gasteiger charge is 2.20. The van der Waals surface area contributed by atoms with Crippen molar-refractivity contribution in [2.24, 2.45) is 0 Å². The van der Waals surface area contributed by atoms with E-state index in [-0.39, 0.29) is 6.61 Å². The molecule has 0 saturated heterocycles. The van der Waals surface area contributed by atoms with Gasteiger partial charge in [-0.05, 0) is 45.4 Å². The second-order valence-electron chi connectivity index (χ2n) is 7.05. The fourth-order valence-electron chi connectivity index (χ4n) is 3.82. The second-order valence-corrected chi connectivity index (χ2v) is 7.05. The molecule has 0 amide bonds. The zero-order chi connectivity index (χ0) is 19.5. The highest BCUT2D eigenvalue weighted by Crippen LogP contribution is 2.41. The predicted octanol–water partition coefficient (Wildman–Crippen LogP) is 4.56. The second kappa shape index (κ2) is 7.83. The van der Waals surface area contributed by atoms with Crippen LogP contribution in [0.2, 0.25) is 0 Å². The Morgan fingerprint density at radius 2 is 1.71 bits per heavy atom. The Bertz CT molecular complexity index is 1020. The van der Waals surface area contributed by atoms with Gasteiger partial charge in [0.1, 0.15) is 6.61 Å². The average molecular weight is 370 g/mol. The smallest absolute Gasteiger partial charge is 0.330 e. The Balaban J connectivity index is 1.51. The molecule has 4 rings (SSSR count). The molecule has 28 heavy (non-hydrogen) atoms. The van der Waals surface area contributed by atoms with Crippen LogP contribution in [0.25, 0.3) is 22.3 Å². The lowest BCUT2D eigenvalue weighted by Gasteiger charge is -2.12. The molecule has 0 spiro atoms. The third kappa shape index (κ3) is 3.62. The number of fused-ring (bicyclic) bond motifs is 3. The lowest BCUT2D eigenvalue weighted by atomic mass is 9.94. The van der Waals surface area contributed by atoms with Crippen molar-refractivity contribution in [3.63, 3.8) is 0 Å². The molecule has 0 aromatic heterocycles. The maximum absolute atomic E-state index is 11.1. The summed E-state index contributed by atoms with van der Waals surface area (Å²) in [5.74, 6) is -0.520. The minimum atomic E-state index is -0.731. The first-order valence-corrected chi connectivity index (χ1v) is 9.42. The van der Waals surface area contributed by atoms with Gasteiger partial charge in [-0.1, -0.05) is 73.3 Å². The number of aliphatic hydroxyl groups is 1. The first kappa shape index (κ1) is 18.2. The maximum Gasteiger partial charge on any atom is 0.330 e. The molecule has 0 saturated carbocycles. The van der Waals surface area contributed by atoms with E-state index in [4.69, 9.17) is 4.74 Å². The number of hydrogen-bond donors (Lipinski definition) is 1. The Kier molecular flexibility index (Phi) is 5.09. The minimum absolute atomic E-state index is 0.0307. The number of ether oxygens (including phenoxy) is 1. The summed E-state index contributed by atoms with van der Waals surface area (Å²) in [4.78, 5) is 11.1. The van der Waals surface area contributed by atoms with Gasteiger partial charge in [0.15, 0.2) is 0 Å². The van der Waals surface area contributed by atoms with Crippen LogP contribution in [0.5, 0.6) is 0 Å². The first-order valence-electron chi connectivity index (χ1n) is 9.42. The Morgan fingerprint density at radius 1 is 1.00 bits per heavy atom. The van der Waals surface area contributed by atoms with Gasteiger partial charge in [-0.25, -0.2) is 4.79 Å². The van der Waals surface area contributed by atoms with Gasteiger partial charge in [-0.15, -0.1) is 0 Å². The minimum Gasteiger partial charge on any atom is -0.460 e. The van der Waals surface area contributed by atoms with Gasteiger partial charge in [-0.3, -0.25) is 0 Å². The first-order chi connectivity index (χ1) is 13.7. The molecular weight excluding hydrogens is 348 g/mol. The van der Waals surface area contributed by atoms with Crippen molar-refractivity contribution in [3.05, 3.63) is 96.1 Å². The van der Waals surface area contributed by atoms with Gasteiger partial charge in [0.25, 0.3) is 0 Å². The molecule has 1 N–H and O–H groups in total. The maximum atomic E-state index is 11.1. The molecule has 1 atom stereocenters. The zero-order valence-electron chi connectivity index (χ0n) is 15.6. The topological polar surface area (TPSA) is 46.5 Å². The third-order valence-electron chi connectivity index (χ3n) is 5.17. The Morgan fingerprint density at radius 3 is 2.50 bits per heavy atom. The number of rotatable bonds is 6. The van der Waals surface area contributed by atoms with Crippen LogP contribution in [0.3, 0.4) is 0 Å². The molecule has 1 unspecified atom stereocenters. The fourth-order valence-corrected chi connectivity index (χ4v) is 3.82. The summed E-state index contributed by atoms with van der Waals surface area (Å²) < 4.78 is 4.89. The molecule has 1 aliphatic carbocycles. The fraction of sp³-hybridized carbons (Fsp3) is 0.160. The van der Waals surface area contributed by atoms with E-state index in [9.17, 15) is 9.90 Å². The normalized spacial score (nSPS) is 12.8. The van der Waals surface area contributed by atoms with Crippen molar-refractivity contribution in [1.82, 2.24) is 0 Å². The van der Waals surface area contributed by atoms with Gasteiger partial charge in [0.2, 0.25) is 0 Å². The lowest BCUT2D eigenvalue weighted by Crippen LogP contribution is -2.20. The Labute approximate surface area is 164 Å². The van der Waals surface area contributed by atoms with Crippen LogP contribution in [-0.4, -0.2) is 23.8 Å². The molecular formula is C25H22O3. The van der Waals surface area contributed by atoms with Gasteiger partial charge in [0, 0.05) is 12.5 Å². The van der Waals surface area contributed by atoms with E-state index in [1.54, 1.807) is 0 Å². The average Bonchev–Trinajstić information content (AvgIpc) is 3.11. The summed E-state index contributed by atoms with van der Waals surface area (Å²) in [5, 5.41) is 10.0. The molecule has 0 bridgehead atoms. The lowest BCUT2D eigenvalue weighted by molar-refractivity contribution is -0.140. The van der Waals surface area contributed by atoms with Crippen molar-refractivity contribution in [3.8, 4) is 22.3 Å².